The minimum absolute atomic E-state index is 0.594. The Hall–Kier alpha value is -1.60. The van der Waals surface area contributed by atoms with E-state index < -0.39 is 0 Å². The van der Waals surface area contributed by atoms with Gasteiger partial charge in [0.05, 0.1) is 40.9 Å². The summed E-state index contributed by atoms with van der Waals surface area (Å²) in [5, 5.41) is 0. The van der Waals surface area contributed by atoms with Crippen LogP contribution in [0.4, 0.5) is 0 Å². The molecule has 6 atom stereocenters. The molecule has 64 heavy (non-hydrogen) atoms. The highest BCUT2D eigenvalue weighted by Crippen LogP contribution is 2.51. The van der Waals surface area contributed by atoms with Crippen LogP contribution < -0.4 is 0 Å². The van der Waals surface area contributed by atoms with Crippen molar-refractivity contribution in [3.63, 3.8) is 0 Å². The van der Waals surface area contributed by atoms with E-state index in [1.165, 1.54) is 164 Å². The highest BCUT2D eigenvalue weighted by atomic mass is 32.1. The van der Waals surface area contributed by atoms with Crippen molar-refractivity contribution < 1.29 is 0 Å². The Labute approximate surface area is 407 Å². The maximum Gasteiger partial charge on any atom is 0.0704 e. The van der Waals surface area contributed by atoms with E-state index in [2.05, 4.69) is 148 Å². The first kappa shape index (κ1) is 50.3. The lowest BCUT2D eigenvalue weighted by molar-refractivity contribution is 0.279. The van der Waals surface area contributed by atoms with Gasteiger partial charge in [-0.25, -0.2) is 0 Å². The molecule has 0 spiro atoms. The van der Waals surface area contributed by atoms with Crippen LogP contribution in [0.3, 0.4) is 0 Å². The number of unbranched alkanes of at least 4 members (excludes halogenated alkanes) is 4. The van der Waals surface area contributed by atoms with Crippen molar-refractivity contribution in [3.8, 4) is 0 Å². The fraction of sp³-hybridized carbons (Fsp3) is 0.724. The van der Waals surface area contributed by atoms with Crippen molar-refractivity contribution in [2.75, 3.05) is 0 Å². The lowest BCUT2D eigenvalue weighted by Gasteiger charge is -2.29. The molecular formula is C58H90N2S4. The molecule has 6 heterocycles. The Morgan fingerprint density at radius 3 is 1.30 bits per heavy atom. The summed E-state index contributed by atoms with van der Waals surface area (Å²) in [6, 6.07) is 11.7. The van der Waals surface area contributed by atoms with Gasteiger partial charge in [0.25, 0.3) is 0 Å². The molecule has 1 aliphatic rings. The number of aromatic nitrogens is 2. The molecule has 6 heteroatoms. The standard InChI is InChI=1S/C58H90N2S4/c1-11-19-23-41(15-5)32-47(33-42(16-6)24-20-12-2)59-50-29-39(9)61-55(50)57-52(59)37-49(63-57)36-45-27-28-46(31-45)54-38-53-58(64-54)56-51(30-40(10)62-56)60(53)48(34-43(17-7)25-21-13-3)35-44(18-8)26-22-14-4/h29-30,37-38,41-48H,11-28,31-36H2,1-10H3. The number of rotatable bonds is 29. The molecule has 6 aromatic heterocycles. The number of hydrogen-bond acceptors (Lipinski definition) is 4. The number of aryl methyl sites for hydroxylation is 2. The summed E-state index contributed by atoms with van der Waals surface area (Å²) >= 11 is 8.49. The topological polar surface area (TPSA) is 9.86 Å². The molecular weight excluding hydrogens is 853 g/mol. The van der Waals surface area contributed by atoms with E-state index in [1.54, 1.807) is 50.6 Å². The molecule has 0 radical (unpaired) electrons. The minimum atomic E-state index is 0.594. The molecule has 2 nitrogen and oxygen atoms in total. The summed E-state index contributed by atoms with van der Waals surface area (Å²) in [4.78, 5) is 6.29. The van der Waals surface area contributed by atoms with Gasteiger partial charge >= 0.3 is 0 Å². The van der Waals surface area contributed by atoms with E-state index in [4.69, 9.17) is 0 Å². The Kier molecular flexibility index (Phi) is 18.9. The van der Waals surface area contributed by atoms with Crippen LogP contribution in [-0.4, -0.2) is 9.13 Å². The van der Waals surface area contributed by atoms with Crippen molar-refractivity contribution in [3.05, 3.63) is 43.8 Å². The summed E-state index contributed by atoms with van der Waals surface area (Å²) in [7, 11) is 0. The molecule has 0 N–H and O–H groups in total. The smallest absolute Gasteiger partial charge is 0.0704 e. The fourth-order valence-corrected chi connectivity index (χ4v) is 17.3. The van der Waals surface area contributed by atoms with Crippen LogP contribution in [0.15, 0.2) is 24.3 Å². The molecule has 7 rings (SSSR count). The SMILES string of the molecule is CCCCC(CC)CC(CC(CC)CCCC)n1c2cc(C)sc2c2sc(CC3CCC(c4cc5c(s4)c4sc(C)cc4n5C(CC(CC)CCCC)CC(CC)CCCC)C3)cc21. The molecule has 1 fully saturated rings. The molecule has 0 bridgehead atoms. The van der Waals surface area contributed by atoms with Crippen molar-refractivity contribution in [2.24, 2.45) is 29.6 Å². The number of fused-ring (bicyclic) bond motifs is 6. The molecule has 0 aliphatic heterocycles. The van der Waals surface area contributed by atoms with Gasteiger partial charge in [0, 0.05) is 31.6 Å². The van der Waals surface area contributed by atoms with Gasteiger partial charge < -0.3 is 9.13 Å². The lowest BCUT2D eigenvalue weighted by atomic mass is 9.85. The average molecular weight is 944 g/mol. The highest BCUT2D eigenvalue weighted by molar-refractivity contribution is 7.28. The summed E-state index contributed by atoms with van der Waals surface area (Å²) in [5.41, 5.74) is 6.24. The third kappa shape index (κ3) is 11.6. The van der Waals surface area contributed by atoms with Crippen molar-refractivity contribution in [1.82, 2.24) is 9.13 Å². The third-order valence-corrected chi connectivity index (χ3v) is 21.2. The highest BCUT2D eigenvalue weighted by Gasteiger charge is 2.32. The van der Waals surface area contributed by atoms with Crippen LogP contribution in [0, 0.1) is 43.4 Å². The zero-order valence-corrected chi connectivity index (χ0v) is 45.7. The number of hydrogen-bond donors (Lipinski definition) is 0. The van der Waals surface area contributed by atoms with Gasteiger partial charge in [0.2, 0.25) is 0 Å². The minimum Gasteiger partial charge on any atom is -0.336 e. The zero-order valence-electron chi connectivity index (χ0n) is 42.4. The normalized spacial score (nSPS) is 18.9. The zero-order chi connectivity index (χ0) is 45.3. The molecule has 356 valence electrons. The van der Waals surface area contributed by atoms with E-state index in [0.29, 0.717) is 18.0 Å². The molecule has 0 amide bonds. The molecule has 1 aliphatic carbocycles. The lowest BCUT2D eigenvalue weighted by Crippen LogP contribution is -2.18. The van der Waals surface area contributed by atoms with Gasteiger partial charge in [-0.1, -0.05) is 158 Å². The Morgan fingerprint density at radius 2 is 0.875 bits per heavy atom. The first-order valence-electron chi connectivity index (χ1n) is 27.2. The quantitative estimate of drug-likeness (QED) is 0.0443. The Balaban J connectivity index is 1.17. The monoisotopic (exact) mass is 943 g/mol. The predicted octanol–water partition coefficient (Wildman–Crippen LogP) is 21.4. The molecule has 0 saturated heterocycles. The van der Waals surface area contributed by atoms with Crippen LogP contribution in [-0.2, 0) is 6.42 Å². The van der Waals surface area contributed by atoms with E-state index in [9.17, 15) is 0 Å². The van der Waals surface area contributed by atoms with Crippen LogP contribution in [0.2, 0.25) is 0 Å². The van der Waals surface area contributed by atoms with Gasteiger partial charge in [-0.15, -0.1) is 45.3 Å². The third-order valence-electron chi connectivity index (χ3n) is 16.4. The van der Waals surface area contributed by atoms with E-state index in [1.807, 2.05) is 0 Å². The summed E-state index contributed by atoms with van der Waals surface area (Å²) in [6.45, 7) is 24.1. The van der Waals surface area contributed by atoms with Gasteiger partial charge in [0.15, 0.2) is 0 Å². The molecule has 6 aromatic rings. The Morgan fingerprint density at radius 1 is 0.484 bits per heavy atom. The van der Waals surface area contributed by atoms with E-state index in [-0.39, 0.29) is 0 Å². The summed E-state index contributed by atoms with van der Waals surface area (Å²) < 4.78 is 12.2. The van der Waals surface area contributed by atoms with E-state index >= 15 is 0 Å². The van der Waals surface area contributed by atoms with Gasteiger partial charge in [-0.2, -0.15) is 0 Å². The maximum atomic E-state index is 2.93. The van der Waals surface area contributed by atoms with Crippen LogP contribution in [0.1, 0.15) is 241 Å². The van der Waals surface area contributed by atoms with Crippen LogP contribution in [0.5, 0.6) is 0 Å². The van der Waals surface area contributed by atoms with Gasteiger partial charge in [-0.3, -0.25) is 0 Å². The summed E-state index contributed by atoms with van der Waals surface area (Å²) in [5.74, 6) is 4.76. The molecule has 0 aromatic carbocycles. The second-order valence-corrected chi connectivity index (χ2v) is 25.9. The predicted molar refractivity (Wildman–Crippen MR) is 293 cm³/mol. The summed E-state index contributed by atoms with van der Waals surface area (Å²) in [6.07, 6.45) is 32.3. The fourth-order valence-electron chi connectivity index (χ4n) is 12.4. The second kappa shape index (κ2) is 24.1. The van der Waals surface area contributed by atoms with E-state index in [0.717, 1.165) is 29.6 Å². The van der Waals surface area contributed by atoms with Gasteiger partial charge in [0.1, 0.15) is 0 Å². The first-order valence-corrected chi connectivity index (χ1v) is 30.5. The van der Waals surface area contributed by atoms with Crippen molar-refractivity contribution >= 4 is 86.2 Å². The first-order chi connectivity index (χ1) is 31.2. The van der Waals surface area contributed by atoms with Crippen LogP contribution >= 0.6 is 45.3 Å². The second-order valence-electron chi connectivity index (χ2n) is 21.2. The number of nitrogens with zero attached hydrogens (tertiary/aromatic N) is 2. The average Bonchev–Trinajstić information content (AvgIpc) is 4.17. The van der Waals surface area contributed by atoms with Crippen LogP contribution in [0.25, 0.3) is 40.9 Å². The maximum absolute atomic E-state index is 2.93. The molecule has 1 saturated carbocycles. The Bertz CT molecular complexity index is 2270. The number of thiophene rings is 4. The molecule has 6 unspecified atom stereocenters. The van der Waals surface area contributed by atoms with Crippen molar-refractivity contribution in [2.45, 2.75) is 241 Å². The van der Waals surface area contributed by atoms with Gasteiger partial charge in [-0.05, 0) is 125 Å². The largest absolute Gasteiger partial charge is 0.336 e. The van der Waals surface area contributed by atoms with Crippen molar-refractivity contribution in [1.29, 1.82) is 0 Å².